The minimum absolute atomic E-state index is 0.0165. The SMILES string of the molecule is CCn1c(O)c([N+](=O)[O-])c(C)c(N=Nc2ccc(S(=O)(=O)O)cc2)c1=O. The van der Waals surface area contributed by atoms with Crippen LogP contribution in [0.2, 0.25) is 0 Å². The van der Waals surface area contributed by atoms with Crippen LogP contribution in [0.3, 0.4) is 0 Å². The number of azo groups is 1. The summed E-state index contributed by atoms with van der Waals surface area (Å²) in [5.41, 5.74) is -1.74. The zero-order chi connectivity index (χ0) is 19.6. The van der Waals surface area contributed by atoms with Crippen LogP contribution in [0.4, 0.5) is 17.1 Å². The lowest BCUT2D eigenvalue weighted by atomic mass is 10.2. The lowest BCUT2D eigenvalue weighted by Crippen LogP contribution is -2.20. The second-order valence-corrected chi connectivity index (χ2v) is 6.54. The van der Waals surface area contributed by atoms with Gasteiger partial charge in [0.2, 0.25) is 0 Å². The van der Waals surface area contributed by atoms with Gasteiger partial charge in [0, 0.05) is 6.54 Å². The molecule has 2 N–H and O–H groups in total. The molecule has 1 aromatic carbocycles. The molecule has 0 atom stereocenters. The first-order valence-electron chi connectivity index (χ1n) is 7.18. The summed E-state index contributed by atoms with van der Waals surface area (Å²) < 4.78 is 31.7. The van der Waals surface area contributed by atoms with Crippen LogP contribution in [-0.4, -0.2) is 27.6 Å². The van der Waals surface area contributed by atoms with Gasteiger partial charge in [-0.15, -0.1) is 5.11 Å². The van der Waals surface area contributed by atoms with Crippen LogP contribution in [0.15, 0.2) is 44.2 Å². The molecule has 0 saturated carbocycles. The first-order chi connectivity index (χ1) is 12.1. The van der Waals surface area contributed by atoms with Gasteiger partial charge in [-0.2, -0.15) is 13.5 Å². The molecule has 0 aliphatic carbocycles. The van der Waals surface area contributed by atoms with E-state index in [9.17, 15) is 28.4 Å². The molecule has 0 fully saturated rings. The van der Waals surface area contributed by atoms with Crippen molar-refractivity contribution in [3.8, 4) is 5.88 Å². The van der Waals surface area contributed by atoms with Crippen molar-refractivity contribution in [2.45, 2.75) is 25.3 Å². The molecule has 0 unspecified atom stereocenters. The van der Waals surface area contributed by atoms with Crippen molar-refractivity contribution in [1.29, 1.82) is 0 Å². The highest BCUT2D eigenvalue weighted by Gasteiger charge is 2.26. The number of benzene rings is 1. The molecule has 0 spiro atoms. The number of aromatic nitrogens is 1. The molecule has 0 aliphatic rings. The van der Waals surface area contributed by atoms with Crippen molar-refractivity contribution < 1.29 is 23.0 Å². The van der Waals surface area contributed by atoms with Gasteiger partial charge in [-0.05, 0) is 38.1 Å². The molecule has 0 bridgehead atoms. The lowest BCUT2D eigenvalue weighted by molar-refractivity contribution is -0.387. The molecular weight excluding hydrogens is 368 g/mol. The highest BCUT2D eigenvalue weighted by Crippen LogP contribution is 2.33. The molecule has 0 saturated heterocycles. The van der Waals surface area contributed by atoms with Crippen LogP contribution in [-0.2, 0) is 16.7 Å². The van der Waals surface area contributed by atoms with Crippen molar-refractivity contribution in [2.24, 2.45) is 10.2 Å². The van der Waals surface area contributed by atoms with Gasteiger partial charge in [-0.25, -0.2) is 0 Å². The van der Waals surface area contributed by atoms with Crippen molar-refractivity contribution in [2.75, 3.05) is 0 Å². The lowest BCUT2D eigenvalue weighted by Gasteiger charge is -2.09. The number of nitrogens with zero attached hydrogens (tertiary/aromatic N) is 4. The van der Waals surface area contributed by atoms with Gasteiger partial charge in [0.1, 0.15) is 0 Å². The van der Waals surface area contributed by atoms with Gasteiger partial charge in [-0.3, -0.25) is 24.0 Å². The Kier molecular flexibility index (Phi) is 5.18. The fourth-order valence-electron chi connectivity index (χ4n) is 2.21. The van der Waals surface area contributed by atoms with Crippen LogP contribution >= 0.6 is 0 Å². The third kappa shape index (κ3) is 3.60. The van der Waals surface area contributed by atoms with Crippen LogP contribution in [0.5, 0.6) is 5.88 Å². The fraction of sp³-hybridized carbons (Fsp3) is 0.214. The van der Waals surface area contributed by atoms with Crippen molar-refractivity contribution in [1.82, 2.24) is 4.57 Å². The summed E-state index contributed by atoms with van der Waals surface area (Å²) in [6.07, 6.45) is 0. The molecule has 1 heterocycles. The van der Waals surface area contributed by atoms with Crippen LogP contribution in [0, 0.1) is 17.0 Å². The summed E-state index contributed by atoms with van der Waals surface area (Å²) >= 11 is 0. The Bertz CT molecular complexity index is 1060. The molecule has 138 valence electrons. The van der Waals surface area contributed by atoms with E-state index in [4.69, 9.17) is 4.55 Å². The van der Waals surface area contributed by atoms with Gasteiger partial charge in [0.05, 0.1) is 21.1 Å². The van der Waals surface area contributed by atoms with Gasteiger partial charge in [0.25, 0.3) is 21.6 Å². The van der Waals surface area contributed by atoms with Crippen molar-refractivity contribution in [3.63, 3.8) is 0 Å². The normalized spacial score (nSPS) is 11.8. The number of rotatable bonds is 5. The molecule has 26 heavy (non-hydrogen) atoms. The van der Waals surface area contributed by atoms with E-state index in [0.29, 0.717) is 0 Å². The Balaban J connectivity index is 2.56. The Morgan fingerprint density at radius 1 is 1.23 bits per heavy atom. The average Bonchev–Trinajstić information content (AvgIpc) is 2.54. The quantitative estimate of drug-likeness (QED) is 0.347. The molecule has 2 aromatic rings. The van der Waals surface area contributed by atoms with E-state index in [2.05, 4.69) is 10.2 Å². The van der Waals surface area contributed by atoms with E-state index >= 15 is 0 Å². The van der Waals surface area contributed by atoms with Gasteiger partial charge < -0.3 is 5.11 Å². The molecule has 11 nitrogen and oxygen atoms in total. The summed E-state index contributed by atoms with van der Waals surface area (Å²) in [4.78, 5) is 22.3. The maximum absolute atomic E-state index is 12.3. The van der Waals surface area contributed by atoms with E-state index in [1.165, 1.54) is 26.0 Å². The Morgan fingerprint density at radius 2 is 1.81 bits per heavy atom. The van der Waals surface area contributed by atoms with E-state index in [1.807, 2.05) is 0 Å². The van der Waals surface area contributed by atoms with Crippen molar-refractivity contribution in [3.05, 3.63) is 50.3 Å². The zero-order valence-electron chi connectivity index (χ0n) is 13.6. The van der Waals surface area contributed by atoms with Crippen LogP contribution in [0.1, 0.15) is 12.5 Å². The Hall–Kier alpha value is -3.12. The standard InChI is InChI=1S/C14H14N4O7S/c1-3-17-13(19)11(8(2)12(14(17)20)18(21)22)16-15-9-4-6-10(7-5-9)26(23,24)25/h4-7,20H,3H2,1-2H3,(H,23,24,25). The molecule has 2 rings (SSSR count). The monoisotopic (exact) mass is 382 g/mol. The third-order valence-corrected chi connectivity index (χ3v) is 4.39. The second kappa shape index (κ2) is 7.01. The molecule has 1 aromatic heterocycles. The fourth-order valence-corrected chi connectivity index (χ4v) is 2.69. The highest BCUT2D eigenvalue weighted by atomic mass is 32.2. The Morgan fingerprint density at radius 3 is 2.27 bits per heavy atom. The van der Waals surface area contributed by atoms with Gasteiger partial charge in [-0.1, -0.05) is 0 Å². The largest absolute Gasteiger partial charge is 0.490 e. The van der Waals surface area contributed by atoms with E-state index in [1.54, 1.807) is 0 Å². The first kappa shape index (κ1) is 19.2. The molecule has 0 amide bonds. The Labute approximate surface area is 147 Å². The van der Waals surface area contributed by atoms with E-state index in [-0.39, 0.29) is 28.4 Å². The molecular formula is C14H14N4O7S. The predicted octanol–water partition coefficient (Wildman–Crippen LogP) is 2.45. The first-order valence-corrected chi connectivity index (χ1v) is 8.62. The molecule has 0 radical (unpaired) electrons. The number of nitro groups is 1. The molecule has 12 heteroatoms. The smallest absolute Gasteiger partial charge is 0.334 e. The number of pyridine rings is 1. The van der Waals surface area contributed by atoms with Crippen LogP contribution in [0.25, 0.3) is 0 Å². The zero-order valence-corrected chi connectivity index (χ0v) is 14.5. The topological polar surface area (TPSA) is 164 Å². The summed E-state index contributed by atoms with van der Waals surface area (Å²) in [7, 11) is -4.36. The van der Waals surface area contributed by atoms with Crippen LogP contribution < -0.4 is 5.56 Å². The summed E-state index contributed by atoms with van der Waals surface area (Å²) in [6.45, 7) is 2.77. The predicted molar refractivity (Wildman–Crippen MR) is 89.9 cm³/mol. The minimum atomic E-state index is -4.36. The second-order valence-electron chi connectivity index (χ2n) is 5.12. The molecule has 0 aliphatic heterocycles. The van der Waals surface area contributed by atoms with E-state index in [0.717, 1.165) is 16.7 Å². The van der Waals surface area contributed by atoms with Crippen molar-refractivity contribution >= 4 is 27.2 Å². The minimum Gasteiger partial charge on any atom is -0.490 e. The maximum atomic E-state index is 12.3. The summed E-state index contributed by atoms with van der Waals surface area (Å²) in [5, 5.41) is 28.5. The van der Waals surface area contributed by atoms with Gasteiger partial charge >= 0.3 is 5.69 Å². The summed E-state index contributed by atoms with van der Waals surface area (Å²) in [5.74, 6) is -0.767. The van der Waals surface area contributed by atoms with E-state index < -0.39 is 32.2 Å². The summed E-state index contributed by atoms with van der Waals surface area (Å²) in [6, 6.07) is 4.63. The third-order valence-electron chi connectivity index (χ3n) is 3.52. The number of hydrogen-bond acceptors (Lipinski definition) is 8. The maximum Gasteiger partial charge on any atom is 0.334 e. The van der Waals surface area contributed by atoms with Gasteiger partial charge in [0.15, 0.2) is 5.69 Å². The highest BCUT2D eigenvalue weighted by molar-refractivity contribution is 7.85. The number of hydrogen-bond donors (Lipinski definition) is 2. The number of aromatic hydroxyl groups is 1. The average molecular weight is 382 g/mol.